The monoisotopic (exact) mass is 347 g/mol. The van der Waals surface area contributed by atoms with Crippen LogP contribution in [0.3, 0.4) is 0 Å². The van der Waals surface area contributed by atoms with Gasteiger partial charge in [0.15, 0.2) is 11.5 Å². The Balaban J connectivity index is 2.09. The van der Waals surface area contributed by atoms with Crippen molar-refractivity contribution in [2.45, 2.75) is 19.9 Å². The molecular formula is C19H22ClNO3. The van der Waals surface area contributed by atoms with Gasteiger partial charge >= 0.3 is 0 Å². The molecule has 2 aromatic carbocycles. The first-order valence-corrected chi connectivity index (χ1v) is 8.18. The zero-order chi connectivity index (χ0) is 17.5. The third kappa shape index (κ3) is 4.65. The van der Waals surface area contributed by atoms with Crippen LogP contribution in [-0.4, -0.2) is 31.6 Å². The van der Waals surface area contributed by atoms with E-state index in [-0.39, 0.29) is 5.91 Å². The largest absolute Gasteiger partial charge is 0.493 e. The maximum atomic E-state index is 12.6. The highest BCUT2D eigenvalue weighted by Crippen LogP contribution is 2.28. The molecule has 0 atom stereocenters. The van der Waals surface area contributed by atoms with Crippen molar-refractivity contribution in [2.75, 3.05) is 20.8 Å². The molecule has 0 radical (unpaired) electrons. The van der Waals surface area contributed by atoms with E-state index in [1.807, 2.05) is 54.3 Å². The normalized spacial score (nSPS) is 10.3. The average molecular weight is 348 g/mol. The number of carbonyl (C=O) groups excluding carboxylic acids is 1. The number of carbonyl (C=O) groups is 1. The number of nitrogens with zero attached hydrogens (tertiary/aromatic N) is 1. The summed E-state index contributed by atoms with van der Waals surface area (Å²) in [6.07, 6.45) is 0.314. The van der Waals surface area contributed by atoms with Gasteiger partial charge < -0.3 is 14.4 Å². The van der Waals surface area contributed by atoms with Crippen LogP contribution < -0.4 is 9.47 Å². The van der Waals surface area contributed by atoms with Crippen LogP contribution in [-0.2, 0) is 17.8 Å². The Morgan fingerprint density at radius 3 is 2.42 bits per heavy atom. The van der Waals surface area contributed by atoms with Gasteiger partial charge in [-0.05, 0) is 42.3 Å². The Labute approximate surface area is 147 Å². The molecule has 0 aliphatic carbocycles. The minimum absolute atomic E-state index is 0.0599. The maximum absolute atomic E-state index is 12.6. The molecule has 2 aromatic rings. The molecule has 2 rings (SSSR count). The highest BCUT2D eigenvalue weighted by molar-refractivity contribution is 6.30. The summed E-state index contributed by atoms with van der Waals surface area (Å²) in [6, 6.07) is 13.1. The van der Waals surface area contributed by atoms with Gasteiger partial charge in [-0.25, -0.2) is 0 Å². The lowest BCUT2D eigenvalue weighted by Gasteiger charge is -2.21. The fourth-order valence-electron chi connectivity index (χ4n) is 2.51. The van der Waals surface area contributed by atoms with Crippen LogP contribution in [0.5, 0.6) is 11.5 Å². The van der Waals surface area contributed by atoms with Crippen LogP contribution in [0.1, 0.15) is 18.1 Å². The van der Waals surface area contributed by atoms with Gasteiger partial charge in [0, 0.05) is 18.1 Å². The van der Waals surface area contributed by atoms with E-state index in [1.54, 1.807) is 14.2 Å². The first kappa shape index (κ1) is 18.1. The Morgan fingerprint density at radius 2 is 1.79 bits per heavy atom. The number of methoxy groups -OCH3 is 2. The third-order valence-corrected chi connectivity index (χ3v) is 4.04. The van der Waals surface area contributed by atoms with Gasteiger partial charge in [-0.3, -0.25) is 4.79 Å². The van der Waals surface area contributed by atoms with E-state index in [0.717, 1.165) is 11.1 Å². The van der Waals surface area contributed by atoms with E-state index in [9.17, 15) is 4.79 Å². The van der Waals surface area contributed by atoms with E-state index in [1.165, 1.54) is 0 Å². The summed E-state index contributed by atoms with van der Waals surface area (Å²) in [7, 11) is 3.17. The molecule has 0 bridgehead atoms. The van der Waals surface area contributed by atoms with Crippen molar-refractivity contribution in [3.63, 3.8) is 0 Å². The number of amides is 1. The zero-order valence-electron chi connectivity index (χ0n) is 14.2. The van der Waals surface area contributed by atoms with Gasteiger partial charge in [-0.15, -0.1) is 0 Å². The minimum Gasteiger partial charge on any atom is -0.493 e. The van der Waals surface area contributed by atoms with Crippen LogP contribution in [0, 0.1) is 0 Å². The van der Waals surface area contributed by atoms with Crippen LogP contribution in [0.4, 0.5) is 0 Å². The smallest absolute Gasteiger partial charge is 0.227 e. The summed E-state index contributed by atoms with van der Waals surface area (Å²) in [6.45, 7) is 3.15. The van der Waals surface area contributed by atoms with Crippen molar-refractivity contribution in [2.24, 2.45) is 0 Å². The third-order valence-electron chi connectivity index (χ3n) is 3.80. The van der Waals surface area contributed by atoms with E-state index in [4.69, 9.17) is 21.1 Å². The Morgan fingerprint density at radius 1 is 1.04 bits per heavy atom. The molecule has 0 unspecified atom stereocenters. The molecule has 128 valence electrons. The van der Waals surface area contributed by atoms with Crippen molar-refractivity contribution in [3.05, 3.63) is 58.6 Å². The fraction of sp³-hybridized carbons (Fsp3) is 0.316. The summed E-state index contributed by atoms with van der Waals surface area (Å²) < 4.78 is 10.5. The molecule has 0 saturated carbocycles. The molecule has 0 saturated heterocycles. The standard InChI is InChI=1S/C19H22ClNO3/c1-4-21(13-15-6-5-7-16(20)10-15)19(22)12-14-8-9-17(23-2)18(11-14)24-3/h5-11H,4,12-13H2,1-3H3. The number of hydrogen-bond acceptors (Lipinski definition) is 3. The molecule has 4 nitrogen and oxygen atoms in total. The van der Waals surface area contributed by atoms with Crippen LogP contribution in [0.2, 0.25) is 5.02 Å². The molecule has 1 amide bonds. The van der Waals surface area contributed by atoms with Crippen molar-refractivity contribution >= 4 is 17.5 Å². The molecular weight excluding hydrogens is 326 g/mol. The first-order chi connectivity index (χ1) is 11.6. The molecule has 0 spiro atoms. The maximum Gasteiger partial charge on any atom is 0.227 e. The summed E-state index contributed by atoms with van der Waals surface area (Å²) in [5.41, 5.74) is 1.91. The predicted octanol–water partition coefficient (Wildman–Crippen LogP) is 3.95. The Kier molecular flexibility index (Phi) is 6.50. The first-order valence-electron chi connectivity index (χ1n) is 7.80. The second kappa shape index (κ2) is 8.60. The predicted molar refractivity (Wildman–Crippen MR) is 95.8 cm³/mol. The number of likely N-dealkylation sites (N-methyl/N-ethyl adjacent to an activating group) is 1. The van der Waals surface area contributed by atoms with Gasteiger partial charge in [0.1, 0.15) is 0 Å². The quantitative estimate of drug-likeness (QED) is 0.761. The number of benzene rings is 2. The topological polar surface area (TPSA) is 38.8 Å². The van der Waals surface area contributed by atoms with Gasteiger partial charge in [0.2, 0.25) is 5.91 Å². The van der Waals surface area contributed by atoms with Crippen molar-refractivity contribution in [1.82, 2.24) is 4.90 Å². The lowest BCUT2D eigenvalue weighted by molar-refractivity contribution is -0.130. The highest BCUT2D eigenvalue weighted by atomic mass is 35.5. The van der Waals surface area contributed by atoms with Crippen LogP contribution >= 0.6 is 11.6 Å². The van der Waals surface area contributed by atoms with Gasteiger partial charge in [-0.2, -0.15) is 0 Å². The number of rotatable bonds is 7. The average Bonchev–Trinajstić information content (AvgIpc) is 2.59. The SMILES string of the molecule is CCN(Cc1cccc(Cl)c1)C(=O)Cc1ccc(OC)c(OC)c1. The van der Waals surface area contributed by atoms with Crippen molar-refractivity contribution in [3.8, 4) is 11.5 Å². The van der Waals surface area contributed by atoms with Gasteiger partial charge in [0.25, 0.3) is 0 Å². The van der Waals surface area contributed by atoms with E-state index < -0.39 is 0 Å². The second-order valence-electron chi connectivity index (χ2n) is 5.40. The Hall–Kier alpha value is -2.20. The summed E-state index contributed by atoms with van der Waals surface area (Å²) >= 11 is 6.01. The number of ether oxygens (including phenoxy) is 2. The molecule has 0 heterocycles. The van der Waals surface area contributed by atoms with Crippen molar-refractivity contribution < 1.29 is 14.3 Å². The Bertz CT molecular complexity index is 703. The van der Waals surface area contributed by atoms with Crippen LogP contribution in [0.25, 0.3) is 0 Å². The van der Waals surface area contributed by atoms with Crippen LogP contribution in [0.15, 0.2) is 42.5 Å². The fourth-order valence-corrected chi connectivity index (χ4v) is 2.72. The van der Waals surface area contributed by atoms with E-state index >= 15 is 0 Å². The number of hydrogen-bond donors (Lipinski definition) is 0. The summed E-state index contributed by atoms with van der Waals surface area (Å²) in [4.78, 5) is 14.4. The lowest BCUT2D eigenvalue weighted by atomic mass is 10.1. The molecule has 0 aromatic heterocycles. The number of halogens is 1. The van der Waals surface area contributed by atoms with E-state index in [2.05, 4.69) is 0 Å². The molecule has 0 fully saturated rings. The molecule has 0 aliphatic rings. The lowest BCUT2D eigenvalue weighted by Crippen LogP contribution is -2.31. The minimum atomic E-state index is 0.0599. The summed E-state index contributed by atoms with van der Waals surface area (Å²) in [5, 5.41) is 0.677. The van der Waals surface area contributed by atoms with Gasteiger partial charge in [-0.1, -0.05) is 29.8 Å². The zero-order valence-corrected chi connectivity index (χ0v) is 15.0. The molecule has 0 aliphatic heterocycles. The van der Waals surface area contributed by atoms with E-state index in [0.29, 0.717) is 36.0 Å². The summed E-state index contributed by atoms with van der Waals surface area (Å²) in [5.74, 6) is 1.34. The van der Waals surface area contributed by atoms with Crippen molar-refractivity contribution in [1.29, 1.82) is 0 Å². The van der Waals surface area contributed by atoms with Gasteiger partial charge in [0.05, 0.1) is 20.6 Å². The highest BCUT2D eigenvalue weighted by Gasteiger charge is 2.14. The molecule has 5 heteroatoms. The molecule has 24 heavy (non-hydrogen) atoms. The second-order valence-corrected chi connectivity index (χ2v) is 5.84. The molecule has 0 N–H and O–H groups in total.